The van der Waals surface area contributed by atoms with Crippen molar-refractivity contribution in [2.24, 2.45) is 0 Å². The Bertz CT molecular complexity index is 557. The SMILES string of the molecule is Cc1cc(F)c(Br)cc1Nc1ccncc1N. The average molecular weight is 296 g/mol. The van der Waals surface area contributed by atoms with Gasteiger partial charge in [0.2, 0.25) is 0 Å². The minimum absolute atomic E-state index is 0.282. The highest BCUT2D eigenvalue weighted by atomic mass is 79.9. The lowest BCUT2D eigenvalue weighted by Gasteiger charge is -2.12. The van der Waals surface area contributed by atoms with Crippen molar-refractivity contribution in [2.75, 3.05) is 11.1 Å². The van der Waals surface area contributed by atoms with Gasteiger partial charge in [-0.2, -0.15) is 0 Å². The van der Waals surface area contributed by atoms with E-state index in [1.54, 1.807) is 24.5 Å². The number of nitrogens with one attached hydrogen (secondary N) is 1. The third kappa shape index (κ3) is 2.55. The Balaban J connectivity index is 2.37. The Morgan fingerprint density at radius 2 is 2.12 bits per heavy atom. The number of nitrogen functional groups attached to an aromatic ring is 1. The van der Waals surface area contributed by atoms with E-state index in [-0.39, 0.29) is 5.82 Å². The van der Waals surface area contributed by atoms with Gasteiger partial charge < -0.3 is 11.1 Å². The lowest BCUT2D eigenvalue weighted by molar-refractivity contribution is 0.620. The molecular formula is C12H11BrFN3. The topological polar surface area (TPSA) is 50.9 Å². The van der Waals surface area contributed by atoms with Crippen molar-refractivity contribution in [3.8, 4) is 0 Å². The van der Waals surface area contributed by atoms with Crippen molar-refractivity contribution in [1.29, 1.82) is 0 Å². The second kappa shape index (κ2) is 4.71. The molecule has 0 atom stereocenters. The third-order valence-electron chi connectivity index (χ3n) is 2.39. The molecule has 0 aliphatic carbocycles. The van der Waals surface area contributed by atoms with Crippen LogP contribution in [0.25, 0.3) is 0 Å². The molecule has 88 valence electrons. The van der Waals surface area contributed by atoms with Gasteiger partial charge in [0.25, 0.3) is 0 Å². The van der Waals surface area contributed by atoms with Crippen molar-refractivity contribution in [3.05, 3.63) is 46.4 Å². The predicted octanol–water partition coefficient (Wildman–Crippen LogP) is 3.62. The second-order valence-corrected chi connectivity index (χ2v) is 4.52. The Labute approximate surface area is 107 Å². The van der Waals surface area contributed by atoms with Crippen LogP contribution in [0, 0.1) is 12.7 Å². The van der Waals surface area contributed by atoms with Gasteiger partial charge in [0.15, 0.2) is 0 Å². The lowest BCUT2D eigenvalue weighted by atomic mass is 10.2. The molecule has 1 heterocycles. The normalized spacial score (nSPS) is 10.3. The maximum Gasteiger partial charge on any atom is 0.137 e. The molecule has 1 aromatic carbocycles. The zero-order valence-corrected chi connectivity index (χ0v) is 10.8. The number of hydrogen-bond donors (Lipinski definition) is 2. The summed E-state index contributed by atoms with van der Waals surface area (Å²) in [6.45, 7) is 1.83. The summed E-state index contributed by atoms with van der Waals surface area (Å²) in [5, 5.41) is 3.15. The number of halogens is 2. The van der Waals surface area contributed by atoms with Crippen LogP contribution in [0.3, 0.4) is 0 Å². The summed E-state index contributed by atoms with van der Waals surface area (Å²) in [4.78, 5) is 3.91. The average Bonchev–Trinajstić information content (AvgIpc) is 2.29. The van der Waals surface area contributed by atoms with Gasteiger partial charge in [-0.1, -0.05) is 0 Å². The number of aryl methyl sites for hydroxylation is 1. The largest absolute Gasteiger partial charge is 0.396 e. The first-order chi connectivity index (χ1) is 8.08. The van der Waals surface area contributed by atoms with E-state index in [0.717, 1.165) is 16.9 Å². The van der Waals surface area contributed by atoms with E-state index >= 15 is 0 Å². The molecule has 0 fully saturated rings. The molecule has 3 N–H and O–H groups in total. The summed E-state index contributed by atoms with van der Waals surface area (Å²) in [6.07, 6.45) is 3.21. The van der Waals surface area contributed by atoms with Gasteiger partial charge in [0, 0.05) is 11.9 Å². The van der Waals surface area contributed by atoms with Gasteiger partial charge in [-0.3, -0.25) is 4.98 Å². The Kier molecular flexibility index (Phi) is 3.28. The highest BCUT2D eigenvalue weighted by Gasteiger charge is 2.06. The predicted molar refractivity (Wildman–Crippen MR) is 70.8 cm³/mol. The summed E-state index contributed by atoms with van der Waals surface area (Å²) >= 11 is 3.15. The molecule has 0 radical (unpaired) electrons. The van der Waals surface area contributed by atoms with Crippen LogP contribution in [0.15, 0.2) is 35.1 Å². The summed E-state index contributed by atoms with van der Waals surface area (Å²) in [5.74, 6) is -0.282. The number of rotatable bonds is 2. The van der Waals surface area contributed by atoms with Crippen molar-refractivity contribution >= 4 is 33.0 Å². The maximum absolute atomic E-state index is 13.3. The van der Waals surface area contributed by atoms with E-state index in [0.29, 0.717) is 10.2 Å². The number of aromatic nitrogens is 1. The van der Waals surface area contributed by atoms with E-state index in [1.165, 1.54) is 6.07 Å². The molecule has 5 heteroatoms. The fourth-order valence-corrected chi connectivity index (χ4v) is 1.79. The van der Waals surface area contributed by atoms with E-state index < -0.39 is 0 Å². The summed E-state index contributed by atoms with van der Waals surface area (Å²) in [6, 6.07) is 4.92. The zero-order valence-electron chi connectivity index (χ0n) is 9.17. The van der Waals surface area contributed by atoms with Gasteiger partial charge in [-0.25, -0.2) is 4.39 Å². The molecule has 1 aromatic heterocycles. The highest BCUT2D eigenvalue weighted by Crippen LogP contribution is 2.28. The van der Waals surface area contributed by atoms with Crippen molar-refractivity contribution in [1.82, 2.24) is 4.98 Å². The molecule has 0 spiro atoms. The Morgan fingerprint density at radius 3 is 2.82 bits per heavy atom. The summed E-state index contributed by atoms with van der Waals surface area (Å²) < 4.78 is 13.7. The van der Waals surface area contributed by atoms with E-state index in [4.69, 9.17) is 5.73 Å². The highest BCUT2D eigenvalue weighted by molar-refractivity contribution is 9.10. The van der Waals surface area contributed by atoms with Gasteiger partial charge in [0.1, 0.15) is 5.82 Å². The first-order valence-corrected chi connectivity index (χ1v) is 5.79. The minimum Gasteiger partial charge on any atom is -0.396 e. The first-order valence-electron chi connectivity index (χ1n) is 5.00. The summed E-state index contributed by atoms with van der Waals surface area (Å²) in [5.41, 5.74) is 8.68. The molecule has 17 heavy (non-hydrogen) atoms. The van der Waals surface area contributed by atoms with Crippen LogP contribution in [0.1, 0.15) is 5.56 Å². The number of anilines is 3. The zero-order chi connectivity index (χ0) is 12.4. The standard InChI is InChI=1S/C12H11BrFN3/c1-7-4-9(14)8(13)5-12(7)17-11-2-3-16-6-10(11)15/h2-6H,15H2,1H3,(H,16,17). The molecule has 0 unspecified atom stereocenters. The number of hydrogen-bond acceptors (Lipinski definition) is 3. The van der Waals surface area contributed by atoms with Crippen LogP contribution in [-0.2, 0) is 0 Å². The monoisotopic (exact) mass is 295 g/mol. The smallest absolute Gasteiger partial charge is 0.137 e. The van der Waals surface area contributed by atoms with Crippen LogP contribution < -0.4 is 11.1 Å². The minimum atomic E-state index is -0.282. The first kappa shape index (κ1) is 11.9. The van der Waals surface area contributed by atoms with Crippen molar-refractivity contribution in [2.45, 2.75) is 6.92 Å². The molecule has 0 aliphatic rings. The van der Waals surface area contributed by atoms with Gasteiger partial charge >= 0.3 is 0 Å². The molecule has 0 amide bonds. The molecule has 2 rings (SSSR count). The quantitative estimate of drug-likeness (QED) is 0.890. The van der Waals surface area contributed by atoms with Crippen molar-refractivity contribution in [3.63, 3.8) is 0 Å². The molecule has 0 aliphatic heterocycles. The van der Waals surface area contributed by atoms with Crippen LogP contribution >= 0.6 is 15.9 Å². The third-order valence-corrected chi connectivity index (χ3v) is 3.00. The second-order valence-electron chi connectivity index (χ2n) is 3.67. The Morgan fingerprint density at radius 1 is 1.35 bits per heavy atom. The van der Waals surface area contributed by atoms with Crippen LogP contribution in [0.2, 0.25) is 0 Å². The van der Waals surface area contributed by atoms with E-state index in [1.807, 2.05) is 6.92 Å². The number of benzene rings is 1. The van der Waals surface area contributed by atoms with Gasteiger partial charge in [-0.05, 0) is 46.6 Å². The van der Waals surface area contributed by atoms with E-state index in [9.17, 15) is 4.39 Å². The fraction of sp³-hybridized carbons (Fsp3) is 0.0833. The maximum atomic E-state index is 13.3. The lowest BCUT2D eigenvalue weighted by Crippen LogP contribution is -1.99. The van der Waals surface area contributed by atoms with Gasteiger partial charge in [0.05, 0.1) is 22.0 Å². The van der Waals surface area contributed by atoms with Crippen molar-refractivity contribution < 1.29 is 4.39 Å². The summed E-state index contributed by atoms with van der Waals surface area (Å²) in [7, 11) is 0. The van der Waals surface area contributed by atoms with Gasteiger partial charge in [-0.15, -0.1) is 0 Å². The Hall–Kier alpha value is -1.62. The molecular weight excluding hydrogens is 285 g/mol. The number of pyridine rings is 1. The molecule has 2 aromatic rings. The van der Waals surface area contributed by atoms with Crippen LogP contribution in [0.5, 0.6) is 0 Å². The fourth-order valence-electron chi connectivity index (χ4n) is 1.45. The number of nitrogens with zero attached hydrogens (tertiary/aromatic N) is 1. The molecule has 0 saturated heterocycles. The number of nitrogens with two attached hydrogens (primary N) is 1. The molecule has 0 bridgehead atoms. The van der Waals surface area contributed by atoms with Crippen LogP contribution in [0.4, 0.5) is 21.5 Å². The van der Waals surface area contributed by atoms with E-state index in [2.05, 4.69) is 26.2 Å². The molecule has 0 saturated carbocycles. The molecule has 3 nitrogen and oxygen atoms in total. The van der Waals surface area contributed by atoms with Crippen LogP contribution in [-0.4, -0.2) is 4.98 Å².